The Kier molecular flexibility index (Phi) is 5.42. The van der Waals surface area contributed by atoms with E-state index < -0.39 is 22.0 Å². The molecule has 2 aromatic carbocycles. The van der Waals surface area contributed by atoms with E-state index in [0.717, 1.165) is 4.90 Å². The van der Waals surface area contributed by atoms with E-state index in [1.807, 2.05) is 0 Å². The number of carbonyl (C=O) groups is 2. The number of nitrogens with zero attached hydrogens (tertiary/aromatic N) is 2. The summed E-state index contributed by atoms with van der Waals surface area (Å²) in [5.74, 6) is -0.209. The number of rotatable bonds is 6. The first-order valence-corrected chi connectivity index (χ1v) is 11.0. The minimum absolute atomic E-state index is 0.00748. The molecule has 160 valence electrons. The first kappa shape index (κ1) is 20.9. The maximum Gasteiger partial charge on any atom is 0.263 e. The molecule has 0 radical (unpaired) electrons. The van der Waals surface area contributed by atoms with Crippen LogP contribution in [0.25, 0.3) is 0 Å². The van der Waals surface area contributed by atoms with E-state index in [2.05, 4.69) is 15.2 Å². The van der Waals surface area contributed by atoms with Gasteiger partial charge in [-0.1, -0.05) is 22.8 Å². The lowest BCUT2D eigenvalue weighted by Crippen LogP contribution is -2.34. The molecule has 0 unspecified atom stereocenters. The highest BCUT2D eigenvalue weighted by Gasteiger charge is 2.39. The Hall–Kier alpha value is -3.37. The van der Waals surface area contributed by atoms with E-state index in [9.17, 15) is 18.0 Å². The van der Waals surface area contributed by atoms with Crippen molar-refractivity contribution in [3.63, 3.8) is 0 Å². The summed E-state index contributed by atoms with van der Waals surface area (Å²) in [6, 6.07) is 13.0. The number of benzene rings is 2. The zero-order valence-electron chi connectivity index (χ0n) is 16.2. The smallest absolute Gasteiger partial charge is 0.263 e. The van der Waals surface area contributed by atoms with Crippen LogP contribution in [0.1, 0.15) is 12.2 Å². The van der Waals surface area contributed by atoms with Crippen LogP contribution in [0.2, 0.25) is 5.02 Å². The Morgan fingerprint density at radius 2 is 1.87 bits per heavy atom. The van der Waals surface area contributed by atoms with E-state index in [-0.39, 0.29) is 23.0 Å². The minimum atomic E-state index is -3.85. The summed E-state index contributed by atoms with van der Waals surface area (Å²) in [7, 11) is -3.85. The summed E-state index contributed by atoms with van der Waals surface area (Å²) in [4.78, 5) is 26.2. The molecule has 1 atom stereocenters. The Morgan fingerprint density at radius 3 is 2.52 bits per heavy atom. The van der Waals surface area contributed by atoms with Gasteiger partial charge in [0.25, 0.3) is 15.9 Å². The number of hydrogen-bond donors (Lipinski definition) is 2. The van der Waals surface area contributed by atoms with E-state index in [1.165, 1.54) is 30.3 Å². The number of carbonyl (C=O) groups excluding carboxylic acids is 2. The number of amides is 2. The zero-order chi connectivity index (χ0) is 22.2. The van der Waals surface area contributed by atoms with Crippen LogP contribution < -0.4 is 14.9 Å². The van der Waals surface area contributed by atoms with Crippen LogP contribution >= 0.6 is 11.6 Å². The van der Waals surface area contributed by atoms with Crippen LogP contribution in [0.5, 0.6) is 0 Å². The van der Waals surface area contributed by atoms with Gasteiger partial charge in [-0.05, 0) is 49.4 Å². The molecular formula is C20H17ClN4O5S. The van der Waals surface area contributed by atoms with Gasteiger partial charge in [-0.25, -0.2) is 13.3 Å². The van der Waals surface area contributed by atoms with Crippen LogP contribution in [0.15, 0.2) is 64.0 Å². The lowest BCUT2D eigenvalue weighted by molar-refractivity contribution is -0.121. The van der Waals surface area contributed by atoms with Gasteiger partial charge in [0.1, 0.15) is 11.8 Å². The molecule has 3 aromatic rings. The minimum Gasteiger partial charge on any atom is -0.373 e. The molecule has 1 aromatic heterocycles. The summed E-state index contributed by atoms with van der Waals surface area (Å²) in [5, 5.41) is 7.00. The number of aromatic nitrogens is 1. The van der Waals surface area contributed by atoms with Gasteiger partial charge in [0.2, 0.25) is 5.91 Å². The molecule has 0 aliphatic carbocycles. The molecule has 2 amide bonds. The first-order valence-electron chi connectivity index (χ1n) is 9.18. The van der Waals surface area contributed by atoms with Crippen molar-refractivity contribution in [3.8, 4) is 0 Å². The predicted octanol–water partition coefficient (Wildman–Crippen LogP) is 3.18. The lowest BCUT2D eigenvalue weighted by Gasteiger charge is -2.16. The molecule has 31 heavy (non-hydrogen) atoms. The third kappa shape index (κ3) is 4.39. The average Bonchev–Trinajstić information content (AvgIpc) is 3.23. The van der Waals surface area contributed by atoms with Crippen LogP contribution in [-0.4, -0.2) is 31.4 Å². The average molecular weight is 461 g/mol. The maximum atomic E-state index is 12.7. The second-order valence-electron chi connectivity index (χ2n) is 6.90. The van der Waals surface area contributed by atoms with E-state index in [1.54, 1.807) is 31.2 Å². The molecule has 11 heteroatoms. The number of anilines is 3. The standard InChI is InChI=1S/C20H17ClN4O5S/c1-12-9-18(23-30-12)24-31(28,29)16-7-5-14(6-8-16)22-17-11-19(26)25(20(17)27)15-4-2-3-13(21)10-15/h2-10,17,22H,11H2,1H3,(H,23,24)/t17-/m1/s1. The molecule has 0 saturated carbocycles. The Morgan fingerprint density at radius 1 is 1.13 bits per heavy atom. The van der Waals surface area contributed by atoms with Crippen molar-refractivity contribution in [1.29, 1.82) is 0 Å². The molecule has 1 aliphatic rings. The number of nitrogens with one attached hydrogen (secondary N) is 2. The van der Waals surface area contributed by atoms with Crippen LogP contribution in [-0.2, 0) is 19.6 Å². The van der Waals surface area contributed by atoms with Gasteiger partial charge in [0.15, 0.2) is 5.82 Å². The van der Waals surface area contributed by atoms with E-state index in [0.29, 0.717) is 22.2 Å². The number of imide groups is 1. The van der Waals surface area contributed by atoms with Gasteiger partial charge in [-0.2, -0.15) is 0 Å². The third-order valence-corrected chi connectivity index (χ3v) is 6.19. The van der Waals surface area contributed by atoms with Crippen molar-refractivity contribution in [2.45, 2.75) is 24.3 Å². The van der Waals surface area contributed by atoms with Crippen LogP contribution in [0.4, 0.5) is 17.2 Å². The number of hydrogen-bond acceptors (Lipinski definition) is 7. The fourth-order valence-corrected chi connectivity index (χ4v) is 4.34. The van der Waals surface area contributed by atoms with Gasteiger partial charge in [0, 0.05) is 16.8 Å². The Labute approximate surface area is 183 Å². The summed E-state index contributed by atoms with van der Waals surface area (Å²) in [6.45, 7) is 1.65. The Balaban J connectivity index is 1.47. The molecule has 4 rings (SSSR count). The Bertz CT molecular complexity index is 1260. The third-order valence-electron chi connectivity index (χ3n) is 4.59. The van der Waals surface area contributed by atoms with E-state index in [4.69, 9.17) is 16.1 Å². The number of halogens is 1. The number of sulfonamides is 1. The molecule has 1 saturated heterocycles. The molecule has 0 spiro atoms. The van der Waals surface area contributed by atoms with Crippen molar-refractivity contribution in [2.24, 2.45) is 0 Å². The van der Waals surface area contributed by atoms with Crippen LogP contribution in [0.3, 0.4) is 0 Å². The normalized spacial score (nSPS) is 16.6. The molecular weight excluding hydrogens is 444 g/mol. The highest BCUT2D eigenvalue weighted by Crippen LogP contribution is 2.27. The molecule has 0 bridgehead atoms. The molecule has 2 N–H and O–H groups in total. The van der Waals surface area contributed by atoms with Gasteiger partial charge in [-0.15, -0.1) is 0 Å². The van der Waals surface area contributed by atoms with Crippen molar-refractivity contribution in [1.82, 2.24) is 5.16 Å². The largest absolute Gasteiger partial charge is 0.373 e. The SMILES string of the molecule is Cc1cc(NS(=O)(=O)c2ccc(N[C@@H]3CC(=O)N(c4cccc(Cl)c4)C3=O)cc2)no1. The van der Waals surface area contributed by atoms with Gasteiger partial charge in [0.05, 0.1) is 17.0 Å². The van der Waals surface area contributed by atoms with Gasteiger partial charge < -0.3 is 9.84 Å². The second-order valence-corrected chi connectivity index (χ2v) is 9.02. The van der Waals surface area contributed by atoms with Crippen molar-refractivity contribution in [3.05, 3.63) is 65.4 Å². The topological polar surface area (TPSA) is 122 Å². The highest BCUT2D eigenvalue weighted by molar-refractivity contribution is 7.92. The highest BCUT2D eigenvalue weighted by atomic mass is 35.5. The molecule has 2 heterocycles. The van der Waals surface area contributed by atoms with Crippen molar-refractivity contribution >= 4 is 50.6 Å². The molecule has 1 aliphatic heterocycles. The predicted molar refractivity (Wildman–Crippen MR) is 114 cm³/mol. The van der Waals surface area contributed by atoms with Crippen molar-refractivity contribution < 1.29 is 22.5 Å². The van der Waals surface area contributed by atoms with Gasteiger partial charge in [-0.3, -0.25) is 14.3 Å². The summed E-state index contributed by atoms with van der Waals surface area (Å²) in [6.07, 6.45) is -0.0293. The van der Waals surface area contributed by atoms with Crippen LogP contribution in [0, 0.1) is 6.92 Å². The monoisotopic (exact) mass is 460 g/mol. The second kappa shape index (κ2) is 8.05. The fraction of sp³-hybridized carbons (Fsp3) is 0.150. The molecule has 9 nitrogen and oxygen atoms in total. The molecule has 1 fully saturated rings. The summed E-state index contributed by atoms with van der Waals surface area (Å²) in [5.41, 5.74) is 0.901. The lowest BCUT2D eigenvalue weighted by atomic mass is 10.2. The number of aryl methyl sites for hydroxylation is 1. The quantitative estimate of drug-likeness (QED) is 0.541. The van der Waals surface area contributed by atoms with Gasteiger partial charge >= 0.3 is 0 Å². The zero-order valence-corrected chi connectivity index (χ0v) is 17.8. The first-order chi connectivity index (χ1) is 14.7. The summed E-state index contributed by atoms with van der Waals surface area (Å²) < 4.78 is 32.1. The van der Waals surface area contributed by atoms with Crippen molar-refractivity contribution in [2.75, 3.05) is 14.9 Å². The van der Waals surface area contributed by atoms with E-state index >= 15 is 0 Å². The fourth-order valence-electron chi connectivity index (χ4n) is 3.17. The summed E-state index contributed by atoms with van der Waals surface area (Å²) >= 11 is 5.96. The maximum absolute atomic E-state index is 12.7.